The van der Waals surface area contributed by atoms with Crippen LogP contribution < -0.4 is 0 Å². The topological polar surface area (TPSA) is 37.3 Å². The van der Waals surface area contributed by atoms with Crippen LogP contribution in [-0.2, 0) is 10.8 Å². The maximum Gasteiger partial charge on any atom is 0.348 e. The van der Waals surface area contributed by atoms with E-state index in [4.69, 9.17) is 11.6 Å². The van der Waals surface area contributed by atoms with Gasteiger partial charge in [-0.1, -0.05) is 23.8 Å². The summed E-state index contributed by atoms with van der Waals surface area (Å²) in [5.41, 5.74) is 0.969. The van der Waals surface area contributed by atoms with E-state index < -0.39 is 27.5 Å². The van der Waals surface area contributed by atoms with E-state index in [1.807, 2.05) is 6.92 Å². The van der Waals surface area contributed by atoms with Crippen LogP contribution in [0.4, 0.5) is 8.78 Å². The second-order valence-electron chi connectivity index (χ2n) is 4.50. The fourth-order valence-corrected chi connectivity index (χ4v) is 3.46. The first-order chi connectivity index (χ1) is 9.27. The molecule has 6 heteroatoms. The second kappa shape index (κ2) is 7.29. The molecule has 0 amide bonds. The predicted molar refractivity (Wildman–Crippen MR) is 77.6 cm³/mol. The molecular weight excluding hydrogens is 306 g/mol. The van der Waals surface area contributed by atoms with Gasteiger partial charge in [0.25, 0.3) is 0 Å². The molecule has 1 aromatic carbocycles. The number of hydrogen-bond donors (Lipinski definition) is 1. The normalized spacial score (nSPS) is 16.4. The third kappa shape index (κ3) is 4.65. The van der Waals surface area contributed by atoms with Gasteiger partial charge in [-0.2, -0.15) is 8.78 Å². The predicted octanol–water partition coefficient (Wildman–Crippen LogP) is 3.63. The van der Waals surface area contributed by atoms with Crippen molar-refractivity contribution in [3.05, 3.63) is 42.5 Å². The minimum Gasteiger partial charge on any atom is -0.384 e. The van der Waals surface area contributed by atoms with E-state index in [0.717, 1.165) is 5.56 Å². The number of rotatable bonds is 7. The van der Waals surface area contributed by atoms with Gasteiger partial charge in [-0.25, -0.2) is 0 Å². The molecule has 0 saturated heterocycles. The third-order valence-corrected chi connectivity index (χ3v) is 4.87. The summed E-state index contributed by atoms with van der Waals surface area (Å²) in [6, 6.07) is 6.68. The number of alkyl halides is 3. The third-order valence-electron chi connectivity index (χ3n) is 2.87. The Balaban J connectivity index is 3.00. The highest BCUT2D eigenvalue weighted by Gasteiger charge is 2.43. The molecular formula is C14H17ClF2O2S. The van der Waals surface area contributed by atoms with Crippen LogP contribution >= 0.6 is 11.6 Å². The standard InChI is InChI=1S/C14H17ClF2O2S/c1-3-4-5-12(13(18)14(15,16)17)20(19)11-8-6-10(2)7-9-11/h3,6-9,12-13,18H,1,4-5H2,2H3/t12-,13-,20+/m1/s1. The van der Waals surface area contributed by atoms with Crippen molar-refractivity contribution in [2.75, 3.05) is 0 Å². The van der Waals surface area contributed by atoms with Gasteiger partial charge in [0.2, 0.25) is 0 Å². The molecule has 0 aliphatic rings. The summed E-state index contributed by atoms with van der Waals surface area (Å²) in [5.74, 6) is 0. The Kier molecular flexibility index (Phi) is 6.30. The number of aliphatic hydroxyl groups is 1. The Labute approximate surface area is 124 Å². The van der Waals surface area contributed by atoms with Crippen molar-refractivity contribution >= 4 is 22.4 Å². The first-order valence-electron chi connectivity index (χ1n) is 6.10. The number of aryl methyl sites for hydroxylation is 1. The van der Waals surface area contributed by atoms with Crippen molar-refractivity contribution < 1.29 is 18.1 Å². The molecule has 0 radical (unpaired) electrons. The molecule has 3 atom stereocenters. The van der Waals surface area contributed by atoms with E-state index in [1.165, 1.54) is 6.08 Å². The Hall–Kier alpha value is -0.780. The number of benzene rings is 1. The van der Waals surface area contributed by atoms with E-state index in [1.54, 1.807) is 24.3 Å². The molecule has 112 valence electrons. The maximum atomic E-state index is 13.1. The van der Waals surface area contributed by atoms with Crippen molar-refractivity contribution in [1.82, 2.24) is 0 Å². The van der Waals surface area contributed by atoms with Crippen molar-refractivity contribution in [3.63, 3.8) is 0 Å². The molecule has 0 aliphatic heterocycles. The zero-order chi connectivity index (χ0) is 15.3. The fourth-order valence-electron chi connectivity index (χ4n) is 1.72. The molecule has 1 rings (SSSR count). The number of hydrogen-bond acceptors (Lipinski definition) is 2. The first kappa shape index (κ1) is 17.3. The van der Waals surface area contributed by atoms with Crippen LogP contribution in [0.3, 0.4) is 0 Å². The van der Waals surface area contributed by atoms with Crippen LogP contribution in [0.2, 0.25) is 0 Å². The number of halogens is 3. The van der Waals surface area contributed by atoms with Crippen molar-refractivity contribution in [1.29, 1.82) is 0 Å². The molecule has 0 fully saturated rings. The summed E-state index contributed by atoms with van der Waals surface area (Å²) in [5, 5.41) is 4.69. The van der Waals surface area contributed by atoms with Gasteiger partial charge in [0, 0.05) is 4.90 Å². The van der Waals surface area contributed by atoms with Crippen LogP contribution in [-0.4, -0.2) is 26.1 Å². The van der Waals surface area contributed by atoms with Crippen molar-refractivity contribution in [2.24, 2.45) is 0 Å². The van der Waals surface area contributed by atoms with Gasteiger partial charge in [-0.3, -0.25) is 4.21 Å². The first-order valence-corrected chi connectivity index (χ1v) is 7.69. The molecule has 1 aromatic rings. The SMILES string of the molecule is C=CCC[C@H]([C@@H](O)C(F)(F)Cl)[S@@](=O)c1ccc(C)cc1. The Morgan fingerprint density at radius 1 is 1.45 bits per heavy atom. The average molecular weight is 323 g/mol. The maximum absolute atomic E-state index is 13.1. The smallest absolute Gasteiger partial charge is 0.348 e. The van der Waals surface area contributed by atoms with Crippen LogP contribution in [0, 0.1) is 6.92 Å². The van der Waals surface area contributed by atoms with Crippen LogP contribution in [0.15, 0.2) is 41.8 Å². The largest absolute Gasteiger partial charge is 0.384 e. The lowest BCUT2D eigenvalue weighted by Gasteiger charge is -2.25. The number of aliphatic hydroxyl groups excluding tert-OH is 1. The molecule has 0 aromatic heterocycles. The Morgan fingerprint density at radius 3 is 2.45 bits per heavy atom. The lowest BCUT2D eigenvalue weighted by Crippen LogP contribution is -2.41. The van der Waals surface area contributed by atoms with E-state index in [9.17, 15) is 18.1 Å². The average Bonchev–Trinajstić information content (AvgIpc) is 2.38. The van der Waals surface area contributed by atoms with Gasteiger partial charge >= 0.3 is 5.38 Å². The fraction of sp³-hybridized carbons (Fsp3) is 0.429. The van der Waals surface area contributed by atoms with Gasteiger partial charge in [0.1, 0.15) is 6.10 Å². The summed E-state index contributed by atoms with van der Waals surface area (Å²) in [4.78, 5) is 0.393. The van der Waals surface area contributed by atoms with Gasteiger partial charge < -0.3 is 5.11 Å². The quantitative estimate of drug-likeness (QED) is 0.615. The van der Waals surface area contributed by atoms with Gasteiger partial charge in [-0.05, 0) is 43.5 Å². The summed E-state index contributed by atoms with van der Waals surface area (Å²) in [6.07, 6.45) is -0.163. The monoisotopic (exact) mass is 322 g/mol. The Bertz CT molecular complexity index is 471. The molecule has 0 heterocycles. The molecule has 2 nitrogen and oxygen atoms in total. The zero-order valence-electron chi connectivity index (χ0n) is 11.1. The zero-order valence-corrected chi connectivity index (χ0v) is 12.6. The van der Waals surface area contributed by atoms with E-state index >= 15 is 0 Å². The van der Waals surface area contributed by atoms with Crippen molar-refractivity contribution in [2.45, 2.75) is 41.4 Å². The van der Waals surface area contributed by atoms with Gasteiger partial charge in [-0.15, -0.1) is 6.58 Å². The lowest BCUT2D eigenvalue weighted by molar-refractivity contribution is -0.0422. The van der Waals surface area contributed by atoms with Gasteiger partial charge in [0.05, 0.1) is 16.0 Å². The molecule has 0 saturated carbocycles. The molecule has 0 unspecified atom stereocenters. The van der Waals surface area contributed by atoms with Crippen LogP contribution in [0.1, 0.15) is 18.4 Å². The molecule has 1 N–H and O–H groups in total. The van der Waals surface area contributed by atoms with E-state index in [2.05, 4.69) is 6.58 Å². The van der Waals surface area contributed by atoms with E-state index in [-0.39, 0.29) is 6.42 Å². The summed E-state index contributed by atoms with van der Waals surface area (Å²) < 4.78 is 38.6. The second-order valence-corrected chi connectivity index (χ2v) is 6.68. The summed E-state index contributed by atoms with van der Waals surface area (Å²) in [7, 11) is -1.77. The highest BCUT2D eigenvalue weighted by atomic mass is 35.5. The van der Waals surface area contributed by atoms with Gasteiger partial charge in [0.15, 0.2) is 0 Å². The molecule has 0 spiro atoms. The van der Waals surface area contributed by atoms with Crippen LogP contribution in [0.25, 0.3) is 0 Å². The molecule has 0 aliphatic carbocycles. The van der Waals surface area contributed by atoms with E-state index in [0.29, 0.717) is 11.3 Å². The minimum atomic E-state index is -3.81. The highest BCUT2D eigenvalue weighted by Crippen LogP contribution is 2.31. The summed E-state index contributed by atoms with van der Waals surface area (Å²) in [6.45, 7) is 5.36. The Morgan fingerprint density at radius 2 is 2.00 bits per heavy atom. The minimum absolute atomic E-state index is 0.119. The highest BCUT2D eigenvalue weighted by molar-refractivity contribution is 7.85. The number of allylic oxidation sites excluding steroid dienone is 1. The summed E-state index contributed by atoms with van der Waals surface area (Å²) >= 11 is 4.87. The molecule has 0 bridgehead atoms. The lowest BCUT2D eigenvalue weighted by atomic mass is 10.1. The van der Waals surface area contributed by atoms with Crippen molar-refractivity contribution in [3.8, 4) is 0 Å². The van der Waals surface area contributed by atoms with Crippen LogP contribution in [0.5, 0.6) is 0 Å². The molecule has 20 heavy (non-hydrogen) atoms.